The van der Waals surface area contributed by atoms with Crippen molar-refractivity contribution in [2.24, 2.45) is 0 Å². The summed E-state index contributed by atoms with van der Waals surface area (Å²) in [5.41, 5.74) is 5.23. The summed E-state index contributed by atoms with van der Waals surface area (Å²) < 4.78 is 0.853. The van der Waals surface area contributed by atoms with E-state index in [1.54, 1.807) is 0 Å². The highest BCUT2D eigenvalue weighted by Crippen LogP contribution is 2.23. The number of hydrogen-bond acceptors (Lipinski definition) is 2. The third-order valence-electron chi connectivity index (χ3n) is 3.99. The van der Waals surface area contributed by atoms with Crippen LogP contribution in [0.3, 0.4) is 0 Å². The average molecular weight is 348 g/mol. The fraction of sp³-hybridized carbons (Fsp3) is 0.375. The zero-order valence-corrected chi connectivity index (χ0v) is 13.6. The predicted octanol–water partition coefficient (Wildman–Crippen LogP) is 3.29. The van der Waals surface area contributed by atoms with Crippen molar-refractivity contribution in [1.82, 2.24) is 15.5 Å². The minimum absolute atomic E-state index is 0.0712. The molecule has 0 fully saturated rings. The number of fused-ring (bicyclic) bond motifs is 1. The van der Waals surface area contributed by atoms with Gasteiger partial charge in [0.15, 0.2) is 0 Å². The molecule has 0 unspecified atom stereocenters. The summed E-state index contributed by atoms with van der Waals surface area (Å²) in [6.45, 7) is 2.45. The minimum atomic E-state index is -0.0712. The summed E-state index contributed by atoms with van der Waals surface area (Å²) >= 11 is 3.48. The number of aryl methyl sites for hydroxylation is 2. The molecule has 1 aromatic carbocycles. The predicted molar refractivity (Wildman–Crippen MR) is 85.3 cm³/mol. The van der Waals surface area contributed by atoms with Crippen LogP contribution in [0.15, 0.2) is 22.7 Å². The Morgan fingerprint density at radius 3 is 3.05 bits per heavy atom. The van der Waals surface area contributed by atoms with Crippen LogP contribution in [0.4, 0.5) is 0 Å². The standard InChI is InChI=1S/C16H18BrN3O/c1-10-5-4-7-12(15(10)17)16(21)18-9-14-11-6-2-3-8-13(11)19-20-14/h4-5,7H,2-3,6,8-9H2,1H3,(H,18,21)(H,19,20). The van der Waals surface area contributed by atoms with Gasteiger partial charge >= 0.3 is 0 Å². The lowest BCUT2D eigenvalue weighted by Gasteiger charge is -2.12. The quantitative estimate of drug-likeness (QED) is 0.894. The smallest absolute Gasteiger partial charge is 0.252 e. The van der Waals surface area contributed by atoms with E-state index in [0.29, 0.717) is 12.1 Å². The van der Waals surface area contributed by atoms with Crippen LogP contribution in [-0.4, -0.2) is 16.1 Å². The number of nitrogens with zero attached hydrogens (tertiary/aromatic N) is 1. The number of hydrogen-bond donors (Lipinski definition) is 2. The molecule has 3 rings (SSSR count). The highest BCUT2D eigenvalue weighted by molar-refractivity contribution is 9.10. The number of nitrogens with one attached hydrogen (secondary N) is 2. The Hall–Kier alpha value is -1.62. The van der Waals surface area contributed by atoms with E-state index in [9.17, 15) is 4.79 Å². The van der Waals surface area contributed by atoms with Crippen LogP contribution in [0, 0.1) is 6.92 Å². The topological polar surface area (TPSA) is 57.8 Å². The van der Waals surface area contributed by atoms with E-state index in [0.717, 1.165) is 28.6 Å². The van der Waals surface area contributed by atoms with E-state index < -0.39 is 0 Å². The second kappa shape index (κ2) is 6.02. The molecule has 0 saturated carbocycles. The van der Waals surface area contributed by atoms with Crippen LogP contribution in [0.1, 0.15) is 45.7 Å². The first-order valence-electron chi connectivity index (χ1n) is 7.25. The van der Waals surface area contributed by atoms with Crippen molar-refractivity contribution in [2.75, 3.05) is 0 Å². The molecule has 2 N–H and O–H groups in total. The number of benzene rings is 1. The van der Waals surface area contributed by atoms with E-state index >= 15 is 0 Å². The molecule has 2 aromatic rings. The highest BCUT2D eigenvalue weighted by atomic mass is 79.9. The fourth-order valence-electron chi connectivity index (χ4n) is 2.78. The van der Waals surface area contributed by atoms with Crippen molar-refractivity contribution in [1.29, 1.82) is 0 Å². The first kappa shape index (κ1) is 14.3. The third kappa shape index (κ3) is 2.88. The molecule has 5 heteroatoms. The molecule has 0 saturated heterocycles. The number of rotatable bonds is 3. The summed E-state index contributed by atoms with van der Waals surface area (Å²) in [6, 6.07) is 5.70. The molecular formula is C16H18BrN3O. The van der Waals surface area contributed by atoms with Crippen molar-refractivity contribution < 1.29 is 4.79 Å². The van der Waals surface area contributed by atoms with E-state index in [1.165, 1.54) is 24.1 Å². The summed E-state index contributed by atoms with van der Waals surface area (Å²) in [7, 11) is 0. The van der Waals surface area contributed by atoms with Gasteiger partial charge in [-0.25, -0.2) is 0 Å². The number of amides is 1. The minimum Gasteiger partial charge on any atom is -0.346 e. The van der Waals surface area contributed by atoms with E-state index in [4.69, 9.17) is 0 Å². The van der Waals surface area contributed by atoms with Crippen molar-refractivity contribution in [3.63, 3.8) is 0 Å². The zero-order valence-electron chi connectivity index (χ0n) is 12.0. The normalized spacial score (nSPS) is 13.8. The van der Waals surface area contributed by atoms with Crippen molar-refractivity contribution >= 4 is 21.8 Å². The van der Waals surface area contributed by atoms with E-state index in [2.05, 4.69) is 31.4 Å². The van der Waals surface area contributed by atoms with Crippen LogP contribution >= 0.6 is 15.9 Å². The van der Waals surface area contributed by atoms with Gasteiger partial charge in [-0.05, 0) is 65.7 Å². The highest BCUT2D eigenvalue weighted by Gasteiger charge is 2.18. The van der Waals surface area contributed by atoms with Gasteiger partial charge in [-0.1, -0.05) is 12.1 Å². The van der Waals surface area contributed by atoms with Crippen LogP contribution < -0.4 is 5.32 Å². The van der Waals surface area contributed by atoms with Crippen LogP contribution in [0.25, 0.3) is 0 Å². The number of aromatic amines is 1. The molecule has 0 spiro atoms. The Morgan fingerprint density at radius 1 is 1.38 bits per heavy atom. The zero-order chi connectivity index (χ0) is 14.8. The summed E-state index contributed by atoms with van der Waals surface area (Å²) in [4.78, 5) is 12.3. The van der Waals surface area contributed by atoms with Gasteiger partial charge in [-0.3, -0.25) is 9.89 Å². The summed E-state index contributed by atoms with van der Waals surface area (Å²) in [6.07, 6.45) is 4.55. The molecule has 1 heterocycles. The molecular weight excluding hydrogens is 330 g/mol. The second-order valence-electron chi connectivity index (χ2n) is 5.45. The maximum absolute atomic E-state index is 12.3. The van der Waals surface area contributed by atoms with Gasteiger partial charge in [0, 0.05) is 10.2 Å². The second-order valence-corrected chi connectivity index (χ2v) is 6.25. The molecule has 0 bridgehead atoms. The van der Waals surface area contributed by atoms with Gasteiger partial charge in [0.1, 0.15) is 0 Å². The van der Waals surface area contributed by atoms with Crippen molar-refractivity contribution in [3.05, 3.63) is 50.8 Å². The Balaban J connectivity index is 1.71. The molecule has 1 aromatic heterocycles. The SMILES string of the molecule is Cc1cccc(C(=O)NCc2n[nH]c3c2CCCC3)c1Br. The number of H-pyrrole nitrogens is 1. The van der Waals surface area contributed by atoms with Crippen LogP contribution in [-0.2, 0) is 19.4 Å². The molecule has 110 valence electrons. The van der Waals surface area contributed by atoms with Crippen molar-refractivity contribution in [3.8, 4) is 0 Å². The van der Waals surface area contributed by atoms with Gasteiger partial charge in [-0.15, -0.1) is 0 Å². The molecule has 0 radical (unpaired) electrons. The summed E-state index contributed by atoms with van der Waals surface area (Å²) in [5, 5.41) is 10.4. The van der Waals surface area contributed by atoms with Gasteiger partial charge in [-0.2, -0.15) is 5.10 Å². The maximum atomic E-state index is 12.3. The molecule has 4 nitrogen and oxygen atoms in total. The third-order valence-corrected chi connectivity index (χ3v) is 5.05. The first-order valence-corrected chi connectivity index (χ1v) is 8.04. The largest absolute Gasteiger partial charge is 0.346 e. The molecule has 1 amide bonds. The Labute approximate surface area is 132 Å². The molecule has 0 aliphatic heterocycles. The van der Waals surface area contributed by atoms with Gasteiger partial charge in [0.05, 0.1) is 17.8 Å². The maximum Gasteiger partial charge on any atom is 0.252 e. The number of carbonyl (C=O) groups excluding carboxylic acids is 1. The van der Waals surface area contributed by atoms with Gasteiger partial charge in [0.25, 0.3) is 5.91 Å². The Bertz CT molecular complexity index is 678. The Morgan fingerprint density at radius 2 is 2.19 bits per heavy atom. The van der Waals surface area contributed by atoms with Crippen molar-refractivity contribution in [2.45, 2.75) is 39.2 Å². The molecule has 0 atom stereocenters. The van der Waals surface area contributed by atoms with E-state index in [-0.39, 0.29) is 5.91 Å². The van der Waals surface area contributed by atoms with Gasteiger partial charge < -0.3 is 5.32 Å². The van der Waals surface area contributed by atoms with Gasteiger partial charge in [0.2, 0.25) is 0 Å². The lowest BCUT2D eigenvalue weighted by atomic mass is 9.96. The Kier molecular flexibility index (Phi) is 4.10. The molecule has 1 aliphatic rings. The lowest BCUT2D eigenvalue weighted by Crippen LogP contribution is -2.24. The monoisotopic (exact) mass is 347 g/mol. The number of carbonyl (C=O) groups is 1. The summed E-state index contributed by atoms with van der Waals surface area (Å²) in [5.74, 6) is -0.0712. The molecule has 1 aliphatic carbocycles. The average Bonchev–Trinajstić information content (AvgIpc) is 2.91. The lowest BCUT2D eigenvalue weighted by molar-refractivity contribution is 0.0949. The van der Waals surface area contributed by atoms with Crippen LogP contribution in [0.2, 0.25) is 0 Å². The number of halogens is 1. The van der Waals surface area contributed by atoms with E-state index in [1.807, 2.05) is 25.1 Å². The van der Waals surface area contributed by atoms with Crippen LogP contribution in [0.5, 0.6) is 0 Å². The molecule has 21 heavy (non-hydrogen) atoms. The first-order chi connectivity index (χ1) is 10.2. The fourth-order valence-corrected chi connectivity index (χ4v) is 3.22. The number of aromatic nitrogens is 2.